The summed E-state index contributed by atoms with van der Waals surface area (Å²) in [6.07, 6.45) is 0. The average molecular weight is 221 g/mol. The number of carbonyl (C=O) groups is 1. The van der Waals surface area contributed by atoms with Gasteiger partial charge in [0.1, 0.15) is 10.8 Å². The molecular formula is C8H10Cl2N2O. The van der Waals surface area contributed by atoms with E-state index in [0.29, 0.717) is 22.4 Å². The number of hydrogen-bond donors (Lipinski definition) is 1. The maximum atomic E-state index is 11.4. The van der Waals surface area contributed by atoms with E-state index < -0.39 is 0 Å². The van der Waals surface area contributed by atoms with Gasteiger partial charge in [-0.1, -0.05) is 23.2 Å². The van der Waals surface area contributed by atoms with Crippen LogP contribution in [0.5, 0.6) is 0 Å². The summed E-state index contributed by atoms with van der Waals surface area (Å²) in [7, 11) is 1.69. The Morgan fingerprint density at radius 1 is 1.62 bits per heavy atom. The number of aromatic nitrogens is 1. The normalized spacial score (nSPS) is 10.2. The molecule has 0 aliphatic carbocycles. The number of halogens is 2. The standard InChI is InChI=1S/C8H10Cl2N2O/c1-3-11-8(13)6-4-5(9)7(10)12(6)2/h4H,3H2,1-2H3,(H,11,13). The largest absolute Gasteiger partial charge is 0.351 e. The first-order chi connectivity index (χ1) is 6.07. The van der Waals surface area contributed by atoms with E-state index in [-0.39, 0.29) is 5.91 Å². The molecule has 0 aliphatic rings. The van der Waals surface area contributed by atoms with Crippen LogP contribution >= 0.6 is 23.2 Å². The fraction of sp³-hybridized carbons (Fsp3) is 0.375. The van der Waals surface area contributed by atoms with Gasteiger partial charge in [0.25, 0.3) is 5.91 Å². The van der Waals surface area contributed by atoms with Crippen molar-refractivity contribution < 1.29 is 4.79 Å². The minimum Gasteiger partial charge on any atom is -0.351 e. The van der Waals surface area contributed by atoms with Gasteiger partial charge in [0.05, 0.1) is 5.02 Å². The van der Waals surface area contributed by atoms with Gasteiger partial charge in [-0.15, -0.1) is 0 Å². The highest BCUT2D eigenvalue weighted by molar-refractivity contribution is 6.41. The number of rotatable bonds is 2. The van der Waals surface area contributed by atoms with E-state index in [4.69, 9.17) is 23.2 Å². The molecule has 0 fully saturated rings. The molecule has 0 aliphatic heterocycles. The zero-order chi connectivity index (χ0) is 10.0. The Kier molecular flexibility index (Phi) is 3.22. The molecule has 0 radical (unpaired) electrons. The average Bonchev–Trinajstić information content (AvgIpc) is 2.33. The molecule has 1 rings (SSSR count). The molecule has 1 aromatic heterocycles. The molecule has 3 nitrogen and oxygen atoms in total. The van der Waals surface area contributed by atoms with Gasteiger partial charge in [-0.05, 0) is 13.0 Å². The van der Waals surface area contributed by atoms with Gasteiger partial charge in [0.2, 0.25) is 0 Å². The van der Waals surface area contributed by atoms with Crippen molar-refractivity contribution in [2.75, 3.05) is 6.54 Å². The first-order valence-corrected chi connectivity index (χ1v) is 4.62. The summed E-state index contributed by atoms with van der Waals surface area (Å²) in [5.74, 6) is -0.168. The van der Waals surface area contributed by atoms with E-state index in [9.17, 15) is 4.79 Å². The summed E-state index contributed by atoms with van der Waals surface area (Å²) in [5.41, 5.74) is 0.469. The lowest BCUT2D eigenvalue weighted by molar-refractivity contribution is 0.0948. The van der Waals surface area contributed by atoms with E-state index >= 15 is 0 Å². The predicted octanol–water partition coefficient (Wildman–Crippen LogP) is 2.08. The molecule has 1 amide bonds. The molecule has 0 bridgehead atoms. The van der Waals surface area contributed by atoms with Crippen molar-refractivity contribution in [2.45, 2.75) is 6.92 Å². The van der Waals surface area contributed by atoms with Gasteiger partial charge in [-0.25, -0.2) is 0 Å². The van der Waals surface area contributed by atoms with Crippen LogP contribution < -0.4 is 5.32 Å². The lowest BCUT2D eigenvalue weighted by atomic mass is 10.4. The second kappa shape index (κ2) is 4.03. The van der Waals surface area contributed by atoms with Crippen LogP contribution in [0.4, 0.5) is 0 Å². The Bertz CT molecular complexity index is 333. The molecule has 0 atom stereocenters. The minimum absolute atomic E-state index is 0.168. The second-order valence-corrected chi connectivity index (χ2v) is 3.35. The maximum Gasteiger partial charge on any atom is 0.267 e. The molecule has 72 valence electrons. The molecule has 0 saturated carbocycles. The molecule has 0 unspecified atom stereocenters. The van der Waals surface area contributed by atoms with Gasteiger partial charge in [0.15, 0.2) is 0 Å². The van der Waals surface area contributed by atoms with Crippen LogP contribution in [-0.2, 0) is 7.05 Å². The summed E-state index contributed by atoms with van der Waals surface area (Å²) < 4.78 is 1.55. The Balaban J connectivity index is 3.01. The lowest BCUT2D eigenvalue weighted by Crippen LogP contribution is -2.24. The molecule has 0 saturated heterocycles. The molecule has 1 N–H and O–H groups in total. The SMILES string of the molecule is CCNC(=O)c1cc(Cl)c(Cl)n1C. The number of amides is 1. The van der Waals surface area contributed by atoms with Crippen LogP contribution in [0.3, 0.4) is 0 Å². The fourth-order valence-electron chi connectivity index (χ4n) is 1.01. The highest BCUT2D eigenvalue weighted by atomic mass is 35.5. The summed E-state index contributed by atoms with van der Waals surface area (Å²) in [4.78, 5) is 11.4. The van der Waals surface area contributed by atoms with Gasteiger partial charge < -0.3 is 9.88 Å². The smallest absolute Gasteiger partial charge is 0.267 e. The van der Waals surface area contributed by atoms with Crippen molar-refractivity contribution >= 4 is 29.1 Å². The Morgan fingerprint density at radius 3 is 2.62 bits per heavy atom. The van der Waals surface area contributed by atoms with Gasteiger partial charge >= 0.3 is 0 Å². The van der Waals surface area contributed by atoms with Crippen molar-refractivity contribution in [2.24, 2.45) is 7.05 Å². The van der Waals surface area contributed by atoms with Crippen LogP contribution in [0.15, 0.2) is 6.07 Å². The quantitative estimate of drug-likeness (QED) is 0.814. The molecule has 5 heteroatoms. The molecule has 13 heavy (non-hydrogen) atoms. The van der Waals surface area contributed by atoms with E-state index in [1.165, 1.54) is 0 Å². The fourth-order valence-corrected chi connectivity index (χ4v) is 1.39. The summed E-state index contributed by atoms with van der Waals surface area (Å²) in [5, 5.41) is 3.44. The number of nitrogens with zero attached hydrogens (tertiary/aromatic N) is 1. The van der Waals surface area contributed by atoms with Gasteiger partial charge in [-0.3, -0.25) is 4.79 Å². The highest BCUT2D eigenvalue weighted by Gasteiger charge is 2.14. The van der Waals surface area contributed by atoms with Crippen LogP contribution in [0, 0.1) is 0 Å². The van der Waals surface area contributed by atoms with Crippen LogP contribution in [0.25, 0.3) is 0 Å². The number of carbonyl (C=O) groups excluding carboxylic acids is 1. The van der Waals surface area contributed by atoms with E-state index in [2.05, 4.69) is 5.32 Å². The van der Waals surface area contributed by atoms with Crippen molar-refractivity contribution in [1.29, 1.82) is 0 Å². The Hall–Kier alpha value is -0.670. The van der Waals surface area contributed by atoms with Crippen LogP contribution in [0.1, 0.15) is 17.4 Å². The van der Waals surface area contributed by atoms with Gasteiger partial charge in [0, 0.05) is 13.6 Å². The van der Waals surface area contributed by atoms with Gasteiger partial charge in [-0.2, -0.15) is 0 Å². The highest BCUT2D eigenvalue weighted by Crippen LogP contribution is 2.24. The predicted molar refractivity (Wildman–Crippen MR) is 53.4 cm³/mol. The molecule has 1 aromatic rings. The Labute approximate surface area is 86.6 Å². The summed E-state index contributed by atoms with van der Waals surface area (Å²) >= 11 is 11.5. The van der Waals surface area contributed by atoms with E-state index in [0.717, 1.165) is 0 Å². The Morgan fingerprint density at radius 2 is 2.23 bits per heavy atom. The number of nitrogens with one attached hydrogen (secondary N) is 1. The van der Waals surface area contributed by atoms with Crippen molar-refractivity contribution in [3.63, 3.8) is 0 Å². The van der Waals surface area contributed by atoms with Crippen molar-refractivity contribution in [3.05, 3.63) is 21.9 Å². The van der Waals surface area contributed by atoms with E-state index in [1.54, 1.807) is 17.7 Å². The summed E-state index contributed by atoms with van der Waals surface area (Å²) in [6.45, 7) is 2.43. The second-order valence-electron chi connectivity index (χ2n) is 2.59. The van der Waals surface area contributed by atoms with Crippen LogP contribution in [0.2, 0.25) is 10.2 Å². The van der Waals surface area contributed by atoms with Crippen molar-refractivity contribution in [1.82, 2.24) is 9.88 Å². The molecule has 0 spiro atoms. The first kappa shape index (κ1) is 10.4. The third-order valence-corrected chi connectivity index (χ3v) is 2.53. The third kappa shape index (κ3) is 1.98. The monoisotopic (exact) mass is 220 g/mol. The van der Waals surface area contributed by atoms with Crippen LogP contribution in [-0.4, -0.2) is 17.0 Å². The topological polar surface area (TPSA) is 34.0 Å². The molecular weight excluding hydrogens is 211 g/mol. The van der Waals surface area contributed by atoms with E-state index in [1.807, 2.05) is 6.92 Å². The first-order valence-electron chi connectivity index (χ1n) is 3.86. The lowest BCUT2D eigenvalue weighted by Gasteiger charge is -2.03. The maximum absolute atomic E-state index is 11.4. The zero-order valence-electron chi connectivity index (χ0n) is 7.40. The number of hydrogen-bond acceptors (Lipinski definition) is 1. The third-order valence-electron chi connectivity index (χ3n) is 1.69. The summed E-state index contributed by atoms with van der Waals surface area (Å²) in [6, 6.07) is 1.55. The zero-order valence-corrected chi connectivity index (χ0v) is 8.91. The molecule has 1 heterocycles. The molecule has 0 aromatic carbocycles. The van der Waals surface area contributed by atoms with Crippen molar-refractivity contribution in [3.8, 4) is 0 Å². The minimum atomic E-state index is -0.168.